The monoisotopic (exact) mass is 390 g/mol. The van der Waals surface area contributed by atoms with E-state index in [-0.39, 0.29) is 25.3 Å². The number of nitrogens with one attached hydrogen (secondary N) is 2. The van der Waals surface area contributed by atoms with Gasteiger partial charge in [0.05, 0.1) is 24.8 Å². The summed E-state index contributed by atoms with van der Waals surface area (Å²) >= 11 is 1.43. The summed E-state index contributed by atoms with van der Waals surface area (Å²) in [6, 6.07) is 3.54. The largest absolute Gasteiger partial charge is 0.481 e. The first-order valence-corrected chi connectivity index (χ1v) is 9.83. The van der Waals surface area contributed by atoms with Gasteiger partial charge in [-0.2, -0.15) is 0 Å². The highest BCUT2D eigenvalue weighted by atomic mass is 32.1. The van der Waals surface area contributed by atoms with E-state index in [0.717, 1.165) is 42.5 Å². The van der Waals surface area contributed by atoms with Crippen LogP contribution < -0.4 is 10.6 Å². The molecule has 0 spiro atoms. The van der Waals surface area contributed by atoms with Crippen molar-refractivity contribution in [3.05, 3.63) is 40.2 Å². The maximum absolute atomic E-state index is 12.9. The summed E-state index contributed by atoms with van der Waals surface area (Å²) in [5.74, 6) is -1.02. The van der Waals surface area contributed by atoms with Gasteiger partial charge in [-0.05, 0) is 43.4 Å². The first kappa shape index (κ1) is 19.2. The minimum absolute atomic E-state index is 0.120. The van der Waals surface area contributed by atoms with Crippen LogP contribution >= 0.6 is 11.3 Å². The number of hydrogen-bond donors (Lipinski definition) is 3. The van der Waals surface area contributed by atoms with E-state index in [1.54, 1.807) is 18.4 Å². The topological polar surface area (TPSA) is 109 Å². The summed E-state index contributed by atoms with van der Waals surface area (Å²) in [6.45, 7) is 0.267. The molecule has 3 rings (SSSR count). The Hall–Kier alpha value is -2.61. The standard InChI is InChI=1S/C19H22N2O5S/c22-15(8-9-16(23)24)21-19-17(13-6-2-1-3-7-14(13)27-19)18(25)20-11-12-5-4-10-26-12/h4-5,10H,1-3,6-9,11H2,(H,20,25)(H,21,22)(H,23,24). The number of thiophene rings is 1. The van der Waals surface area contributed by atoms with E-state index in [2.05, 4.69) is 10.6 Å². The number of fused-ring (bicyclic) bond motifs is 1. The zero-order valence-electron chi connectivity index (χ0n) is 14.9. The maximum atomic E-state index is 12.9. The molecule has 0 atom stereocenters. The molecule has 0 bridgehead atoms. The molecule has 0 saturated heterocycles. The first-order chi connectivity index (χ1) is 13.0. The second kappa shape index (κ2) is 8.85. The van der Waals surface area contributed by atoms with Crippen LogP contribution in [-0.2, 0) is 29.0 Å². The van der Waals surface area contributed by atoms with Crippen molar-refractivity contribution < 1.29 is 23.9 Å². The van der Waals surface area contributed by atoms with Gasteiger partial charge in [-0.1, -0.05) is 6.42 Å². The van der Waals surface area contributed by atoms with Gasteiger partial charge >= 0.3 is 5.97 Å². The van der Waals surface area contributed by atoms with Gasteiger partial charge in [0.25, 0.3) is 5.91 Å². The Morgan fingerprint density at radius 3 is 2.70 bits per heavy atom. The third-order valence-corrected chi connectivity index (χ3v) is 5.68. The normalized spacial score (nSPS) is 13.5. The van der Waals surface area contributed by atoms with Crippen molar-refractivity contribution in [2.24, 2.45) is 0 Å². The van der Waals surface area contributed by atoms with Gasteiger partial charge in [-0.3, -0.25) is 14.4 Å². The molecule has 1 aliphatic carbocycles. The summed E-state index contributed by atoms with van der Waals surface area (Å²) in [4.78, 5) is 36.8. The van der Waals surface area contributed by atoms with Crippen molar-refractivity contribution in [3.63, 3.8) is 0 Å². The van der Waals surface area contributed by atoms with Gasteiger partial charge in [-0.15, -0.1) is 11.3 Å². The second-order valence-corrected chi connectivity index (χ2v) is 7.58. The minimum Gasteiger partial charge on any atom is -0.481 e. The van der Waals surface area contributed by atoms with Gasteiger partial charge in [0.1, 0.15) is 10.8 Å². The van der Waals surface area contributed by atoms with Crippen LogP contribution in [0.1, 0.15) is 58.7 Å². The molecule has 7 nitrogen and oxygen atoms in total. The fraction of sp³-hybridized carbons (Fsp3) is 0.421. The Morgan fingerprint density at radius 1 is 1.15 bits per heavy atom. The van der Waals surface area contributed by atoms with Crippen molar-refractivity contribution in [1.29, 1.82) is 0 Å². The van der Waals surface area contributed by atoms with Crippen molar-refractivity contribution in [2.45, 2.75) is 51.5 Å². The van der Waals surface area contributed by atoms with Crippen LogP contribution in [0.15, 0.2) is 22.8 Å². The fourth-order valence-electron chi connectivity index (χ4n) is 3.15. The van der Waals surface area contributed by atoms with Crippen LogP contribution in [0.3, 0.4) is 0 Å². The lowest BCUT2D eigenvalue weighted by Crippen LogP contribution is -2.25. The quantitative estimate of drug-likeness (QED) is 0.628. The third-order valence-electron chi connectivity index (χ3n) is 4.47. The van der Waals surface area contributed by atoms with E-state index in [1.165, 1.54) is 11.3 Å². The van der Waals surface area contributed by atoms with Gasteiger partial charge in [-0.25, -0.2) is 0 Å². The Balaban J connectivity index is 1.80. The average molecular weight is 390 g/mol. The van der Waals surface area contributed by atoms with E-state index < -0.39 is 11.9 Å². The van der Waals surface area contributed by atoms with E-state index in [1.807, 2.05) is 0 Å². The second-order valence-electron chi connectivity index (χ2n) is 6.47. The van der Waals surface area contributed by atoms with Gasteiger partial charge in [0.2, 0.25) is 5.91 Å². The molecule has 0 saturated carbocycles. The number of aryl methyl sites for hydroxylation is 1. The molecule has 1 aliphatic rings. The van der Waals surface area contributed by atoms with Gasteiger partial charge in [0, 0.05) is 11.3 Å². The third kappa shape index (κ3) is 4.97. The number of carboxylic acids is 1. The Morgan fingerprint density at radius 2 is 1.96 bits per heavy atom. The van der Waals surface area contributed by atoms with Crippen molar-refractivity contribution in [2.75, 3.05) is 5.32 Å². The molecule has 0 fully saturated rings. The molecule has 2 heterocycles. The van der Waals surface area contributed by atoms with Crippen LogP contribution in [0.4, 0.5) is 5.00 Å². The van der Waals surface area contributed by atoms with Crippen molar-refractivity contribution in [1.82, 2.24) is 5.32 Å². The molecule has 0 unspecified atom stereocenters. The van der Waals surface area contributed by atoms with Gasteiger partial charge in [0.15, 0.2) is 0 Å². The number of carbonyl (C=O) groups is 3. The molecule has 2 aromatic rings. The number of hydrogen-bond acceptors (Lipinski definition) is 5. The number of carbonyl (C=O) groups excluding carboxylic acids is 2. The zero-order valence-corrected chi connectivity index (χ0v) is 15.7. The first-order valence-electron chi connectivity index (χ1n) is 9.01. The fourth-order valence-corrected chi connectivity index (χ4v) is 4.45. The van der Waals surface area contributed by atoms with Crippen LogP contribution in [0, 0.1) is 0 Å². The number of rotatable bonds is 7. The molecule has 2 aromatic heterocycles. The van der Waals surface area contributed by atoms with Crippen molar-refractivity contribution in [3.8, 4) is 0 Å². The number of carboxylic acid groups (broad SMARTS) is 1. The van der Waals surface area contributed by atoms with Gasteiger partial charge < -0.3 is 20.2 Å². The number of amides is 2. The summed E-state index contributed by atoms with van der Waals surface area (Å²) in [7, 11) is 0. The maximum Gasteiger partial charge on any atom is 0.303 e. The Labute approximate surface area is 160 Å². The molecular weight excluding hydrogens is 368 g/mol. The molecule has 2 amide bonds. The number of aliphatic carboxylic acids is 1. The lowest BCUT2D eigenvalue weighted by Gasteiger charge is -2.09. The van der Waals surface area contributed by atoms with Crippen LogP contribution in [0.5, 0.6) is 0 Å². The van der Waals surface area contributed by atoms with E-state index in [4.69, 9.17) is 9.52 Å². The number of furan rings is 1. The summed E-state index contributed by atoms with van der Waals surface area (Å²) < 4.78 is 5.25. The molecule has 0 radical (unpaired) electrons. The Bertz CT molecular complexity index is 826. The molecule has 0 aliphatic heterocycles. The lowest BCUT2D eigenvalue weighted by atomic mass is 10.0. The lowest BCUT2D eigenvalue weighted by molar-refractivity contribution is -0.138. The minimum atomic E-state index is -1.02. The smallest absolute Gasteiger partial charge is 0.303 e. The summed E-state index contributed by atoms with van der Waals surface area (Å²) in [5, 5.41) is 14.9. The summed E-state index contributed by atoms with van der Waals surface area (Å²) in [6.07, 6.45) is 6.08. The average Bonchev–Trinajstić information content (AvgIpc) is 3.20. The molecule has 27 heavy (non-hydrogen) atoms. The highest BCUT2D eigenvalue weighted by Gasteiger charge is 2.25. The highest BCUT2D eigenvalue weighted by Crippen LogP contribution is 2.37. The Kier molecular flexibility index (Phi) is 6.28. The van der Waals surface area contributed by atoms with E-state index in [9.17, 15) is 14.4 Å². The molecule has 8 heteroatoms. The SMILES string of the molecule is O=C(O)CCC(=O)Nc1sc2c(c1C(=O)NCc1ccco1)CCCCC2. The summed E-state index contributed by atoms with van der Waals surface area (Å²) in [5.41, 5.74) is 1.51. The predicted octanol–water partition coefficient (Wildman–Crippen LogP) is 3.34. The predicted molar refractivity (Wildman–Crippen MR) is 101 cm³/mol. The highest BCUT2D eigenvalue weighted by molar-refractivity contribution is 7.17. The molecule has 0 aromatic carbocycles. The zero-order chi connectivity index (χ0) is 19.2. The van der Waals surface area contributed by atoms with Crippen LogP contribution in [0.2, 0.25) is 0 Å². The molecule has 144 valence electrons. The van der Waals surface area contributed by atoms with E-state index in [0.29, 0.717) is 16.3 Å². The number of anilines is 1. The molecule has 3 N–H and O–H groups in total. The van der Waals surface area contributed by atoms with Crippen molar-refractivity contribution >= 4 is 34.1 Å². The van der Waals surface area contributed by atoms with Crippen LogP contribution in [-0.4, -0.2) is 22.9 Å². The molecular formula is C19H22N2O5S. The van der Waals surface area contributed by atoms with Crippen LogP contribution in [0.25, 0.3) is 0 Å². The van der Waals surface area contributed by atoms with E-state index >= 15 is 0 Å².